The molecular formula is C68H127NO5. The van der Waals surface area contributed by atoms with Crippen molar-refractivity contribution in [1.29, 1.82) is 0 Å². The molecule has 0 fully saturated rings. The first kappa shape index (κ1) is 71.8. The van der Waals surface area contributed by atoms with Gasteiger partial charge in [-0.15, -0.1) is 0 Å². The van der Waals surface area contributed by atoms with Crippen molar-refractivity contribution in [2.45, 2.75) is 360 Å². The summed E-state index contributed by atoms with van der Waals surface area (Å²) in [6, 6.07) is -0.636. The summed E-state index contributed by atoms with van der Waals surface area (Å²) in [4.78, 5) is 24.6. The highest BCUT2D eigenvalue weighted by atomic mass is 16.5. The van der Waals surface area contributed by atoms with E-state index in [2.05, 4.69) is 55.6 Å². The van der Waals surface area contributed by atoms with Gasteiger partial charge in [0.05, 0.1) is 25.4 Å². The van der Waals surface area contributed by atoms with Crippen LogP contribution in [0.25, 0.3) is 0 Å². The highest BCUT2D eigenvalue weighted by molar-refractivity contribution is 5.76. The SMILES string of the molecule is CCCCCCCC/C=C\CCCCCCCCCCCC(=O)OCCCCCCCCCCC/C=C\C/C=C\CCCCCCCCCC(=O)NC(CO)C(O)/C=C/CCCCCCCCCCCCCCC. The molecule has 0 aromatic rings. The lowest BCUT2D eigenvalue weighted by atomic mass is 10.0. The maximum absolute atomic E-state index is 12.5. The van der Waals surface area contributed by atoms with Gasteiger partial charge >= 0.3 is 5.97 Å². The van der Waals surface area contributed by atoms with Crippen molar-refractivity contribution in [2.24, 2.45) is 0 Å². The van der Waals surface area contributed by atoms with E-state index in [-0.39, 0.29) is 18.5 Å². The molecule has 0 heterocycles. The lowest BCUT2D eigenvalue weighted by Crippen LogP contribution is -2.45. The second-order valence-corrected chi connectivity index (χ2v) is 22.4. The number of nitrogens with one attached hydrogen (secondary N) is 1. The maximum Gasteiger partial charge on any atom is 0.305 e. The van der Waals surface area contributed by atoms with Crippen molar-refractivity contribution in [3.05, 3.63) is 48.6 Å². The summed E-state index contributed by atoms with van der Waals surface area (Å²) in [7, 11) is 0. The summed E-state index contributed by atoms with van der Waals surface area (Å²) in [6.07, 6.45) is 81.6. The van der Waals surface area contributed by atoms with Gasteiger partial charge < -0.3 is 20.3 Å². The Labute approximate surface area is 461 Å². The molecule has 2 unspecified atom stereocenters. The summed E-state index contributed by atoms with van der Waals surface area (Å²) in [6.45, 7) is 4.90. The Balaban J connectivity index is 3.45. The minimum absolute atomic E-state index is 0.00604. The number of carbonyl (C=O) groups is 2. The molecule has 0 aromatic carbocycles. The van der Waals surface area contributed by atoms with E-state index >= 15 is 0 Å². The van der Waals surface area contributed by atoms with Crippen LogP contribution in [0.3, 0.4) is 0 Å². The lowest BCUT2D eigenvalue weighted by Gasteiger charge is -2.20. The van der Waals surface area contributed by atoms with Crippen LogP contribution in [0.2, 0.25) is 0 Å². The molecule has 0 aliphatic rings. The Bertz CT molecular complexity index is 1240. The van der Waals surface area contributed by atoms with E-state index in [1.54, 1.807) is 6.08 Å². The number of unbranched alkanes of at least 4 members (excludes halogenated alkanes) is 44. The van der Waals surface area contributed by atoms with E-state index < -0.39 is 12.1 Å². The third-order valence-electron chi connectivity index (χ3n) is 15.1. The van der Waals surface area contributed by atoms with Crippen LogP contribution in [0, 0.1) is 0 Å². The summed E-state index contributed by atoms with van der Waals surface area (Å²) in [5.74, 6) is -0.0716. The third kappa shape index (κ3) is 59.1. The Hall–Kier alpha value is -2.18. The number of amides is 1. The second kappa shape index (κ2) is 63.4. The molecule has 0 radical (unpaired) electrons. The average molecular weight is 1040 g/mol. The van der Waals surface area contributed by atoms with Crippen molar-refractivity contribution in [1.82, 2.24) is 5.32 Å². The molecule has 0 rings (SSSR count). The highest BCUT2D eigenvalue weighted by Crippen LogP contribution is 2.17. The molecule has 0 aliphatic heterocycles. The summed E-state index contributed by atoms with van der Waals surface area (Å²) in [5.41, 5.74) is 0. The molecule has 74 heavy (non-hydrogen) atoms. The van der Waals surface area contributed by atoms with Gasteiger partial charge in [-0.05, 0) is 89.9 Å². The fourth-order valence-electron chi connectivity index (χ4n) is 10.0. The standard InChI is InChI=1S/C68H127NO5/c1-3-5-7-9-11-13-15-17-19-20-26-30-34-38-42-46-50-54-58-62-68(73)74-63-59-55-51-47-43-39-35-31-28-25-23-21-22-24-27-29-33-37-41-45-49-53-57-61-67(72)69-65(64-70)66(71)60-56-52-48-44-40-36-32-18-16-14-12-10-8-6-4-2/h17,19,21,23-24,27,56,60,65-66,70-71H,3-16,18,20,22,25-26,28-55,57-59,61-64H2,1-2H3,(H,69,72)/b19-17-,23-21-,27-24-,60-56+. The lowest BCUT2D eigenvalue weighted by molar-refractivity contribution is -0.143. The quantitative estimate of drug-likeness (QED) is 0.0320. The normalized spacial score (nSPS) is 12.9. The van der Waals surface area contributed by atoms with Crippen molar-refractivity contribution >= 4 is 11.9 Å². The molecular weight excluding hydrogens is 911 g/mol. The number of rotatable bonds is 61. The zero-order valence-electron chi connectivity index (χ0n) is 49.6. The van der Waals surface area contributed by atoms with Crippen LogP contribution in [0.1, 0.15) is 348 Å². The number of carbonyl (C=O) groups excluding carboxylic acids is 2. The van der Waals surface area contributed by atoms with E-state index in [1.807, 2.05) is 6.08 Å². The third-order valence-corrected chi connectivity index (χ3v) is 15.1. The smallest absolute Gasteiger partial charge is 0.305 e. The Morgan fingerprint density at radius 2 is 0.676 bits per heavy atom. The monoisotopic (exact) mass is 1040 g/mol. The number of aliphatic hydroxyl groups excluding tert-OH is 2. The zero-order chi connectivity index (χ0) is 53.6. The molecule has 6 heteroatoms. The van der Waals surface area contributed by atoms with Gasteiger partial charge in [0.1, 0.15) is 0 Å². The van der Waals surface area contributed by atoms with Crippen LogP contribution in [0.15, 0.2) is 48.6 Å². The fourth-order valence-corrected chi connectivity index (χ4v) is 10.0. The predicted molar refractivity (Wildman–Crippen MR) is 324 cm³/mol. The highest BCUT2D eigenvalue weighted by Gasteiger charge is 2.18. The molecule has 3 N–H and O–H groups in total. The molecule has 1 amide bonds. The largest absolute Gasteiger partial charge is 0.466 e. The van der Waals surface area contributed by atoms with Gasteiger partial charge in [-0.1, -0.05) is 294 Å². The van der Waals surface area contributed by atoms with Gasteiger partial charge in [0.25, 0.3) is 0 Å². The van der Waals surface area contributed by atoms with Crippen LogP contribution in [-0.4, -0.2) is 47.4 Å². The molecule has 0 aromatic heterocycles. The van der Waals surface area contributed by atoms with Crippen molar-refractivity contribution in [3.8, 4) is 0 Å². The molecule has 434 valence electrons. The topological polar surface area (TPSA) is 95.9 Å². The van der Waals surface area contributed by atoms with E-state index in [0.717, 1.165) is 64.2 Å². The first-order valence-electron chi connectivity index (χ1n) is 32.9. The van der Waals surface area contributed by atoms with Gasteiger partial charge in [-0.3, -0.25) is 9.59 Å². The number of hydrogen-bond acceptors (Lipinski definition) is 5. The van der Waals surface area contributed by atoms with Crippen molar-refractivity contribution in [2.75, 3.05) is 13.2 Å². The minimum Gasteiger partial charge on any atom is -0.466 e. The summed E-state index contributed by atoms with van der Waals surface area (Å²) >= 11 is 0. The number of ether oxygens (including phenoxy) is 1. The summed E-state index contributed by atoms with van der Waals surface area (Å²) < 4.78 is 5.50. The van der Waals surface area contributed by atoms with Gasteiger partial charge in [0.15, 0.2) is 0 Å². The number of hydrogen-bond donors (Lipinski definition) is 3. The Morgan fingerprint density at radius 1 is 0.378 bits per heavy atom. The molecule has 2 atom stereocenters. The molecule has 0 saturated carbocycles. The molecule has 0 spiro atoms. The van der Waals surface area contributed by atoms with Gasteiger partial charge in [0, 0.05) is 12.8 Å². The maximum atomic E-state index is 12.5. The number of esters is 1. The number of allylic oxidation sites excluding steroid dienone is 7. The predicted octanol–water partition coefficient (Wildman–Crippen LogP) is 20.9. The first-order chi connectivity index (χ1) is 36.5. The van der Waals surface area contributed by atoms with E-state index in [9.17, 15) is 19.8 Å². The average Bonchev–Trinajstić information content (AvgIpc) is 3.40. The van der Waals surface area contributed by atoms with Gasteiger partial charge in [-0.2, -0.15) is 0 Å². The molecule has 0 saturated heterocycles. The van der Waals surface area contributed by atoms with Crippen molar-refractivity contribution < 1.29 is 24.5 Å². The fraction of sp³-hybridized carbons (Fsp3) is 0.853. The minimum atomic E-state index is -0.852. The van der Waals surface area contributed by atoms with E-state index in [0.29, 0.717) is 19.4 Å². The van der Waals surface area contributed by atoms with Crippen LogP contribution in [0.4, 0.5) is 0 Å². The Morgan fingerprint density at radius 3 is 1.04 bits per heavy atom. The van der Waals surface area contributed by atoms with Gasteiger partial charge in [-0.25, -0.2) is 0 Å². The second-order valence-electron chi connectivity index (χ2n) is 22.4. The van der Waals surface area contributed by atoms with Gasteiger partial charge in [0.2, 0.25) is 5.91 Å². The van der Waals surface area contributed by atoms with E-state index in [1.165, 1.54) is 257 Å². The van der Waals surface area contributed by atoms with Crippen LogP contribution < -0.4 is 5.32 Å². The first-order valence-corrected chi connectivity index (χ1v) is 32.9. The molecule has 0 bridgehead atoms. The van der Waals surface area contributed by atoms with Crippen LogP contribution in [0.5, 0.6) is 0 Å². The van der Waals surface area contributed by atoms with Crippen LogP contribution in [-0.2, 0) is 14.3 Å². The molecule has 6 nitrogen and oxygen atoms in total. The molecule has 0 aliphatic carbocycles. The number of aliphatic hydroxyl groups is 2. The Kier molecular flexibility index (Phi) is 61.5. The zero-order valence-corrected chi connectivity index (χ0v) is 49.6. The van der Waals surface area contributed by atoms with E-state index in [4.69, 9.17) is 4.74 Å². The summed E-state index contributed by atoms with van der Waals surface area (Å²) in [5, 5.41) is 23.1. The van der Waals surface area contributed by atoms with Crippen LogP contribution >= 0.6 is 0 Å². The van der Waals surface area contributed by atoms with Crippen molar-refractivity contribution in [3.63, 3.8) is 0 Å².